The maximum atomic E-state index is 13.0. The fraction of sp³-hybridized carbons (Fsp3) is 0.0952. The van der Waals surface area contributed by atoms with Crippen LogP contribution >= 0.6 is 27.5 Å². The number of ether oxygens (including phenoxy) is 1. The molecule has 158 valence electrons. The maximum Gasteiger partial charge on any atom is 0.277 e. The van der Waals surface area contributed by atoms with Crippen molar-refractivity contribution in [3.05, 3.63) is 93.6 Å². The van der Waals surface area contributed by atoms with Crippen LogP contribution in [0, 0.1) is 5.82 Å². The summed E-state index contributed by atoms with van der Waals surface area (Å²) in [6.07, 6.45) is 3.36. The van der Waals surface area contributed by atoms with Gasteiger partial charge < -0.3 is 10.1 Å². The minimum Gasteiger partial charge on any atom is -0.470 e. The van der Waals surface area contributed by atoms with Crippen molar-refractivity contribution in [2.24, 2.45) is 0 Å². The van der Waals surface area contributed by atoms with Crippen molar-refractivity contribution in [3.8, 4) is 5.75 Å². The van der Waals surface area contributed by atoms with Crippen LogP contribution in [0.4, 0.5) is 10.2 Å². The Hall–Kier alpha value is -3.17. The van der Waals surface area contributed by atoms with Crippen molar-refractivity contribution in [1.29, 1.82) is 0 Å². The number of rotatable bonds is 7. The highest BCUT2D eigenvalue weighted by molar-refractivity contribution is 9.10. The molecule has 2 heterocycles. The van der Waals surface area contributed by atoms with E-state index in [2.05, 4.69) is 31.4 Å². The van der Waals surface area contributed by atoms with E-state index in [-0.39, 0.29) is 18.2 Å². The lowest BCUT2D eigenvalue weighted by Crippen LogP contribution is -2.15. The van der Waals surface area contributed by atoms with Gasteiger partial charge in [0.15, 0.2) is 18.2 Å². The van der Waals surface area contributed by atoms with Crippen LogP contribution < -0.4 is 10.1 Å². The molecule has 10 heteroatoms. The first-order valence-corrected chi connectivity index (χ1v) is 10.3. The number of nitrogens with zero attached hydrogens (tertiary/aromatic N) is 4. The Morgan fingerprint density at radius 3 is 2.61 bits per heavy atom. The highest BCUT2D eigenvalue weighted by Gasteiger charge is 2.12. The molecule has 2 aromatic carbocycles. The first-order chi connectivity index (χ1) is 15.0. The van der Waals surface area contributed by atoms with Crippen molar-refractivity contribution < 1.29 is 13.9 Å². The van der Waals surface area contributed by atoms with E-state index in [1.165, 1.54) is 16.8 Å². The van der Waals surface area contributed by atoms with Gasteiger partial charge in [0.1, 0.15) is 11.6 Å². The summed E-state index contributed by atoms with van der Waals surface area (Å²) in [6, 6.07) is 14.7. The molecule has 0 unspecified atom stereocenters. The molecule has 0 bridgehead atoms. The van der Waals surface area contributed by atoms with Crippen molar-refractivity contribution >= 4 is 39.3 Å². The quantitative estimate of drug-likeness (QED) is 0.386. The van der Waals surface area contributed by atoms with Crippen molar-refractivity contribution in [3.63, 3.8) is 0 Å². The third-order valence-electron chi connectivity index (χ3n) is 4.26. The van der Waals surface area contributed by atoms with Gasteiger partial charge in [-0.15, -0.1) is 0 Å². The van der Waals surface area contributed by atoms with E-state index >= 15 is 0 Å². The van der Waals surface area contributed by atoms with Gasteiger partial charge in [-0.1, -0.05) is 39.7 Å². The largest absolute Gasteiger partial charge is 0.470 e. The van der Waals surface area contributed by atoms with Crippen LogP contribution in [0.3, 0.4) is 0 Å². The molecule has 4 aromatic rings. The van der Waals surface area contributed by atoms with E-state index in [9.17, 15) is 9.18 Å². The molecule has 0 spiro atoms. The number of amides is 1. The summed E-state index contributed by atoms with van der Waals surface area (Å²) < 4.78 is 22.6. The van der Waals surface area contributed by atoms with Gasteiger partial charge in [-0.25, -0.2) is 9.07 Å². The van der Waals surface area contributed by atoms with Crippen LogP contribution in [0.5, 0.6) is 5.75 Å². The van der Waals surface area contributed by atoms with E-state index in [1.807, 2.05) is 6.07 Å². The minimum atomic E-state index is -0.396. The molecule has 0 aliphatic carbocycles. The highest BCUT2D eigenvalue weighted by Crippen LogP contribution is 2.27. The summed E-state index contributed by atoms with van der Waals surface area (Å²) >= 11 is 9.46. The van der Waals surface area contributed by atoms with Crippen LogP contribution in [0.1, 0.15) is 16.1 Å². The Morgan fingerprint density at radius 1 is 1.06 bits per heavy atom. The minimum absolute atomic E-state index is 0.0981. The molecular weight excluding hydrogens is 489 g/mol. The lowest BCUT2D eigenvalue weighted by atomic mass is 10.2. The van der Waals surface area contributed by atoms with Crippen LogP contribution in [0.2, 0.25) is 5.02 Å². The van der Waals surface area contributed by atoms with E-state index in [0.29, 0.717) is 23.1 Å². The van der Waals surface area contributed by atoms with Gasteiger partial charge in [0.2, 0.25) is 0 Å². The Labute approximate surface area is 190 Å². The second-order valence-corrected chi connectivity index (χ2v) is 7.89. The summed E-state index contributed by atoms with van der Waals surface area (Å²) in [5.74, 6) is 0.215. The average Bonchev–Trinajstić information content (AvgIpc) is 3.39. The summed E-state index contributed by atoms with van der Waals surface area (Å²) in [4.78, 5) is 12.5. The first kappa shape index (κ1) is 21.1. The number of hydrogen-bond acceptors (Lipinski definition) is 4. The van der Waals surface area contributed by atoms with Gasteiger partial charge in [-0.3, -0.25) is 9.48 Å². The zero-order valence-electron chi connectivity index (χ0n) is 16.0. The van der Waals surface area contributed by atoms with Crippen molar-refractivity contribution in [1.82, 2.24) is 19.6 Å². The molecule has 0 saturated carbocycles. The first-order valence-electron chi connectivity index (χ1n) is 9.17. The normalized spacial score (nSPS) is 10.8. The molecule has 0 atom stereocenters. The van der Waals surface area contributed by atoms with E-state index in [0.717, 1.165) is 10.0 Å². The zero-order chi connectivity index (χ0) is 21.8. The fourth-order valence-corrected chi connectivity index (χ4v) is 3.48. The zero-order valence-corrected chi connectivity index (χ0v) is 18.3. The van der Waals surface area contributed by atoms with Crippen LogP contribution in [0.15, 0.2) is 71.5 Å². The van der Waals surface area contributed by atoms with Crippen LogP contribution in [0.25, 0.3) is 0 Å². The monoisotopic (exact) mass is 503 g/mol. The molecule has 0 fully saturated rings. The third kappa shape index (κ3) is 5.50. The smallest absolute Gasteiger partial charge is 0.277 e. The number of aromatic nitrogens is 4. The average molecular weight is 505 g/mol. The predicted molar refractivity (Wildman–Crippen MR) is 118 cm³/mol. The molecule has 0 aliphatic rings. The van der Waals surface area contributed by atoms with Crippen molar-refractivity contribution in [2.75, 3.05) is 5.32 Å². The number of hydrogen-bond donors (Lipinski definition) is 1. The molecule has 1 amide bonds. The molecule has 0 radical (unpaired) electrons. The van der Waals surface area contributed by atoms with Gasteiger partial charge in [0, 0.05) is 22.9 Å². The second kappa shape index (κ2) is 9.32. The number of benzene rings is 2. The SMILES string of the molecule is O=C(Nc1ccn(Cc2ccc(F)cc2)n1)c1ccn(COc2ccc(Br)cc2Cl)n1. The molecule has 7 nitrogen and oxygen atoms in total. The van der Waals surface area contributed by atoms with Gasteiger partial charge in [0.05, 0.1) is 11.6 Å². The molecule has 2 aromatic heterocycles. The molecular formula is C21H16BrClFN5O2. The maximum absolute atomic E-state index is 13.0. The number of anilines is 1. The third-order valence-corrected chi connectivity index (χ3v) is 5.05. The number of carbonyl (C=O) groups excluding carboxylic acids is 1. The fourth-order valence-electron chi connectivity index (χ4n) is 2.76. The Bertz CT molecular complexity index is 1210. The summed E-state index contributed by atoms with van der Waals surface area (Å²) in [5, 5.41) is 11.7. The topological polar surface area (TPSA) is 74.0 Å². The lowest BCUT2D eigenvalue weighted by Gasteiger charge is -2.08. The number of carbonyl (C=O) groups is 1. The molecule has 0 saturated heterocycles. The Kier molecular flexibility index (Phi) is 6.34. The molecule has 0 aliphatic heterocycles. The molecule has 31 heavy (non-hydrogen) atoms. The van der Waals surface area contributed by atoms with Gasteiger partial charge in [-0.2, -0.15) is 10.2 Å². The number of nitrogens with one attached hydrogen (secondary N) is 1. The summed E-state index contributed by atoms with van der Waals surface area (Å²) in [6.45, 7) is 0.557. The van der Waals surface area contributed by atoms with Crippen LogP contribution in [-0.4, -0.2) is 25.5 Å². The van der Waals surface area contributed by atoms with Crippen LogP contribution in [-0.2, 0) is 13.3 Å². The molecule has 1 N–H and O–H groups in total. The lowest BCUT2D eigenvalue weighted by molar-refractivity contribution is 0.101. The Morgan fingerprint density at radius 2 is 1.84 bits per heavy atom. The van der Waals surface area contributed by atoms with Gasteiger partial charge in [-0.05, 0) is 42.0 Å². The van der Waals surface area contributed by atoms with E-state index in [1.54, 1.807) is 53.5 Å². The number of halogens is 3. The van der Waals surface area contributed by atoms with E-state index < -0.39 is 5.91 Å². The van der Waals surface area contributed by atoms with Gasteiger partial charge >= 0.3 is 0 Å². The van der Waals surface area contributed by atoms with E-state index in [4.69, 9.17) is 16.3 Å². The Balaban J connectivity index is 1.33. The second-order valence-electron chi connectivity index (χ2n) is 6.57. The summed E-state index contributed by atoms with van der Waals surface area (Å²) in [5.41, 5.74) is 1.12. The highest BCUT2D eigenvalue weighted by atomic mass is 79.9. The van der Waals surface area contributed by atoms with Gasteiger partial charge in [0.25, 0.3) is 5.91 Å². The van der Waals surface area contributed by atoms with Crippen molar-refractivity contribution in [2.45, 2.75) is 13.3 Å². The predicted octanol–water partition coefficient (Wildman–Crippen LogP) is 4.97. The summed E-state index contributed by atoms with van der Waals surface area (Å²) in [7, 11) is 0. The standard InChI is InChI=1S/C21H16BrClFN5O2/c22-15-3-6-19(17(23)11-15)31-13-29-9-7-18(26-29)21(30)25-20-8-10-28(27-20)12-14-1-4-16(24)5-2-14/h1-11H,12-13H2,(H,25,27,30). The molecule has 4 rings (SSSR count).